The summed E-state index contributed by atoms with van der Waals surface area (Å²) in [5.41, 5.74) is 2.28. The summed E-state index contributed by atoms with van der Waals surface area (Å²) < 4.78 is 0. The zero-order valence-electron chi connectivity index (χ0n) is 11.3. The first-order valence-electron chi connectivity index (χ1n) is 6.66. The van der Waals surface area contributed by atoms with Gasteiger partial charge in [-0.25, -0.2) is 0 Å². The SMILES string of the molecule is CC.CCc1nc2ccccc2c2ccccc12. The predicted molar refractivity (Wildman–Crippen MR) is 80.0 cm³/mol. The minimum Gasteiger partial charge on any atom is -0.252 e. The molecule has 0 amide bonds. The second-order valence-corrected chi connectivity index (χ2v) is 3.97. The van der Waals surface area contributed by atoms with E-state index in [1.165, 1.54) is 21.9 Å². The summed E-state index contributed by atoms with van der Waals surface area (Å²) >= 11 is 0. The van der Waals surface area contributed by atoms with Crippen LogP contribution in [0.1, 0.15) is 26.5 Å². The molecule has 0 aliphatic rings. The molecule has 0 spiro atoms. The maximum Gasteiger partial charge on any atom is 0.0711 e. The Morgan fingerprint density at radius 2 is 1.33 bits per heavy atom. The largest absolute Gasteiger partial charge is 0.252 e. The number of aryl methyl sites for hydroxylation is 1. The number of para-hydroxylation sites is 1. The van der Waals surface area contributed by atoms with Gasteiger partial charge in [-0.1, -0.05) is 63.2 Å². The fourth-order valence-electron chi connectivity index (χ4n) is 2.24. The van der Waals surface area contributed by atoms with Crippen molar-refractivity contribution in [3.63, 3.8) is 0 Å². The van der Waals surface area contributed by atoms with Crippen molar-refractivity contribution < 1.29 is 0 Å². The highest BCUT2D eigenvalue weighted by Crippen LogP contribution is 2.26. The molecule has 1 heteroatoms. The van der Waals surface area contributed by atoms with E-state index in [1.54, 1.807) is 0 Å². The van der Waals surface area contributed by atoms with E-state index in [-0.39, 0.29) is 0 Å². The van der Waals surface area contributed by atoms with Gasteiger partial charge in [0.25, 0.3) is 0 Å². The van der Waals surface area contributed by atoms with Gasteiger partial charge in [0.05, 0.1) is 5.52 Å². The maximum atomic E-state index is 4.72. The third-order valence-electron chi connectivity index (χ3n) is 3.02. The molecular weight excluding hydrogens is 218 g/mol. The van der Waals surface area contributed by atoms with Crippen LogP contribution in [0.4, 0.5) is 0 Å². The lowest BCUT2D eigenvalue weighted by Gasteiger charge is -2.07. The van der Waals surface area contributed by atoms with Crippen molar-refractivity contribution in [1.82, 2.24) is 4.98 Å². The van der Waals surface area contributed by atoms with Crippen molar-refractivity contribution in [3.05, 3.63) is 54.2 Å². The molecule has 92 valence electrons. The van der Waals surface area contributed by atoms with Crippen LogP contribution in [0.15, 0.2) is 48.5 Å². The second kappa shape index (κ2) is 5.63. The molecule has 0 aliphatic carbocycles. The zero-order chi connectivity index (χ0) is 13.0. The Morgan fingerprint density at radius 3 is 2.00 bits per heavy atom. The van der Waals surface area contributed by atoms with Crippen molar-refractivity contribution in [2.75, 3.05) is 0 Å². The molecule has 1 nitrogen and oxygen atoms in total. The molecule has 0 N–H and O–H groups in total. The summed E-state index contributed by atoms with van der Waals surface area (Å²) in [6, 6.07) is 16.9. The predicted octanol–water partition coefficient (Wildman–Crippen LogP) is 4.98. The monoisotopic (exact) mass is 237 g/mol. The molecule has 0 saturated carbocycles. The minimum atomic E-state index is 0.978. The van der Waals surface area contributed by atoms with Crippen LogP contribution >= 0.6 is 0 Å². The van der Waals surface area contributed by atoms with Gasteiger partial charge in [0, 0.05) is 16.5 Å². The fourth-order valence-corrected chi connectivity index (χ4v) is 2.24. The van der Waals surface area contributed by atoms with Gasteiger partial charge in [0.15, 0.2) is 0 Å². The third-order valence-corrected chi connectivity index (χ3v) is 3.02. The number of nitrogens with zero attached hydrogens (tertiary/aromatic N) is 1. The Labute approximate surface area is 108 Å². The van der Waals surface area contributed by atoms with Crippen LogP contribution in [0.25, 0.3) is 21.7 Å². The average Bonchev–Trinajstić information content (AvgIpc) is 2.48. The topological polar surface area (TPSA) is 12.9 Å². The van der Waals surface area contributed by atoms with Gasteiger partial charge in [-0.2, -0.15) is 0 Å². The highest BCUT2D eigenvalue weighted by Gasteiger charge is 2.05. The van der Waals surface area contributed by atoms with Gasteiger partial charge < -0.3 is 0 Å². The quantitative estimate of drug-likeness (QED) is 0.544. The van der Waals surface area contributed by atoms with Crippen LogP contribution in [0, 0.1) is 0 Å². The van der Waals surface area contributed by atoms with Gasteiger partial charge in [-0.3, -0.25) is 4.98 Å². The second-order valence-electron chi connectivity index (χ2n) is 3.97. The Morgan fingerprint density at radius 1 is 0.778 bits per heavy atom. The van der Waals surface area contributed by atoms with Crippen molar-refractivity contribution in [3.8, 4) is 0 Å². The van der Waals surface area contributed by atoms with E-state index in [1.807, 2.05) is 19.9 Å². The molecule has 0 unspecified atom stereocenters. The maximum absolute atomic E-state index is 4.72. The van der Waals surface area contributed by atoms with Gasteiger partial charge in [-0.15, -0.1) is 0 Å². The van der Waals surface area contributed by atoms with Crippen molar-refractivity contribution >= 4 is 21.7 Å². The normalized spacial score (nSPS) is 10.2. The van der Waals surface area contributed by atoms with E-state index in [2.05, 4.69) is 49.4 Å². The Balaban J connectivity index is 0.000000574. The number of aromatic nitrogens is 1. The summed E-state index contributed by atoms with van der Waals surface area (Å²) in [6.07, 6.45) is 0.978. The lowest BCUT2D eigenvalue weighted by Crippen LogP contribution is -1.91. The van der Waals surface area contributed by atoms with E-state index in [0.29, 0.717) is 0 Å². The minimum absolute atomic E-state index is 0.978. The molecule has 3 aromatic rings. The number of benzene rings is 2. The summed E-state index contributed by atoms with van der Waals surface area (Å²) in [7, 11) is 0. The molecule has 0 atom stereocenters. The van der Waals surface area contributed by atoms with Crippen LogP contribution < -0.4 is 0 Å². The van der Waals surface area contributed by atoms with Crippen molar-refractivity contribution in [1.29, 1.82) is 0 Å². The molecule has 1 heterocycles. The van der Waals surface area contributed by atoms with Crippen molar-refractivity contribution in [2.24, 2.45) is 0 Å². The van der Waals surface area contributed by atoms with Gasteiger partial charge >= 0.3 is 0 Å². The van der Waals surface area contributed by atoms with Crippen LogP contribution in [0.5, 0.6) is 0 Å². The Hall–Kier alpha value is -1.89. The summed E-state index contributed by atoms with van der Waals surface area (Å²) in [6.45, 7) is 6.16. The lowest BCUT2D eigenvalue weighted by molar-refractivity contribution is 1.08. The standard InChI is InChI=1S/C15H13N.C2H6/c1-2-14-12-8-4-3-7-11(12)13-9-5-6-10-15(13)16-14;1-2/h3-10H,2H2,1H3;1-2H3. The molecule has 0 fully saturated rings. The first kappa shape index (κ1) is 12.6. The fraction of sp³-hybridized carbons (Fsp3) is 0.235. The van der Waals surface area contributed by atoms with Gasteiger partial charge in [0.2, 0.25) is 0 Å². The molecule has 18 heavy (non-hydrogen) atoms. The number of pyridine rings is 1. The van der Waals surface area contributed by atoms with Crippen LogP contribution in [-0.2, 0) is 6.42 Å². The highest BCUT2D eigenvalue weighted by atomic mass is 14.7. The van der Waals surface area contributed by atoms with Crippen LogP contribution in [0.3, 0.4) is 0 Å². The molecule has 2 aromatic carbocycles. The van der Waals surface area contributed by atoms with E-state index < -0.39 is 0 Å². The summed E-state index contributed by atoms with van der Waals surface area (Å²) in [5, 5.41) is 3.84. The molecule has 1 aromatic heterocycles. The number of fused-ring (bicyclic) bond motifs is 3. The third kappa shape index (κ3) is 2.08. The Bertz CT molecular complexity index is 656. The van der Waals surface area contributed by atoms with Gasteiger partial charge in [0.1, 0.15) is 0 Å². The van der Waals surface area contributed by atoms with E-state index in [9.17, 15) is 0 Å². The molecule has 3 rings (SSSR count). The van der Waals surface area contributed by atoms with E-state index in [0.717, 1.165) is 11.9 Å². The molecule has 0 radical (unpaired) electrons. The zero-order valence-corrected chi connectivity index (χ0v) is 11.3. The average molecular weight is 237 g/mol. The Kier molecular flexibility index (Phi) is 3.93. The first-order chi connectivity index (χ1) is 8.90. The van der Waals surface area contributed by atoms with Crippen molar-refractivity contribution in [2.45, 2.75) is 27.2 Å². The lowest BCUT2D eigenvalue weighted by atomic mass is 10.0. The highest BCUT2D eigenvalue weighted by molar-refractivity contribution is 6.06. The number of hydrogen-bond donors (Lipinski definition) is 0. The first-order valence-corrected chi connectivity index (χ1v) is 6.66. The van der Waals surface area contributed by atoms with Crippen LogP contribution in [-0.4, -0.2) is 4.98 Å². The van der Waals surface area contributed by atoms with E-state index in [4.69, 9.17) is 4.98 Å². The number of rotatable bonds is 1. The van der Waals surface area contributed by atoms with Crippen LogP contribution in [0.2, 0.25) is 0 Å². The van der Waals surface area contributed by atoms with Gasteiger partial charge in [-0.05, 0) is 17.9 Å². The molecule has 0 bridgehead atoms. The smallest absolute Gasteiger partial charge is 0.0711 e. The van der Waals surface area contributed by atoms with E-state index >= 15 is 0 Å². The molecule has 0 aliphatic heterocycles. The summed E-state index contributed by atoms with van der Waals surface area (Å²) in [4.78, 5) is 4.72. The summed E-state index contributed by atoms with van der Waals surface area (Å²) in [5.74, 6) is 0. The number of hydrogen-bond acceptors (Lipinski definition) is 1. The molecular formula is C17H19N. The molecule has 0 saturated heterocycles.